The summed E-state index contributed by atoms with van der Waals surface area (Å²) in [5, 5.41) is 4.29. The van der Waals surface area contributed by atoms with E-state index in [2.05, 4.69) is 10.6 Å². The highest BCUT2D eigenvalue weighted by molar-refractivity contribution is 5.99. The highest BCUT2D eigenvalue weighted by Gasteiger charge is 2.27. The van der Waals surface area contributed by atoms with Crippen LogP contribution in [0.3, 0.4) is 0 Å². The van der Waals surface area contributed by atoms with Crippen molar-refractivity contribution < 1.29 is 28.2 Å². The number of amides is 3. The minimum absolute atomic E-state index is 0.0291. The van der Waals surface area contributed by atoms with Crippen molar-refractivity contribution in [1.29, 1.82) is 0 Å². The second-order valence-electron chi connectivity index (χ2n) is 5.11. The summed E-state index contributed by atoms with van der Waals surface area (Å²) < 4.78 is 23.8. The van der Waals surface area contributed by atoms with Crippen LogP contribution in [0, 0.1) is 5.82 Å². The predicted molar refractivity (Wildman–Crippen MR) is 90.1 cm³/mol. The standard InChI is InChI=1S/C18H17FN2O5/c1-20-18(24)21-16(22)15(11-6-4-3-5-7-11)26-17(23)12-8-9-14(25-2)13(19)10-12/h3-10,15H,1-2H3,(H2,20,21,22,24)/t15-/m0/s1. The molecular weight excluding hydrogens is 343 g/mol. The molecule has 136 valence electrons. The van der Waals surface area contributed by atoms with Gasteiger partial charge >= 0.3 is 12.0 Å². The topological polar surface area (TPSA) is 93.7 Å². The van der Waals surface area contributed by atoms with Gasteiger partial charge in [-0.2, -0.15) is 0 Å². The molecule has 0 saturated heterocycles. The van der Waals surface area contributed by atoms with Crippen LogP contribution in [0.25, 0.3) is 0 Å². The third kappa shape index (κ3) is 4.56. The maximum Gasteiger partial charge on any atom is 0.339 e. The van der Waals surface area contributed by atoms with Crippen molar-refractivity contribution in [2.45, 2.75) is 6.10 Å². The molecule has 8 heteroatoms. The van der Waals surface area contributed by atoms with Crippen LogP contribution < -0.4 is 15.4 Å². The van der Waals surface area contributed by atoms with Gasteiger partial charge in [0.15, 0.2) is 11.6 Å². The van der Waals surface area contributed by atoms with Gasteiger partial charge in [0.25, 0.3) is 5.91 Å². The first kappa shape index (κ1) is 18.9. The third-order valence-electron chi connectivity index (χ3n) is 3.42. The van der Waals surface area contributed by atoms with Gasteiger partial charge in [0.1, 0.15) is 0 Å². The molecule has 2 aromatic carbocycles. The number of halogens is 1. The van der Waals surface area contributed by atoms with Gasteiger partial charge in [0.05, 0.1) is 12.7 Å². The Morgan fingerprint density at radius 3 is 2.35 bits per heavy atom. The van der Waals surface area contributed by atoms with Crippen LogP contribution in [0.5, 0.6) is 5.75 Å². The van der Waals surface area contributed by atoms with Crippen molar-refractivity contribution in [3.8, 4) is 5.75 Å². The summed E-state index contributed by atoms with van der Waals surface area (Å²) in [7, 11) is 2.64. The molecule has 2 N–H and O–H groups in total. The molecule has 0 aliphatic rings. The minimum atomic E-state index is -1.38. The number of imide groups is 1. The third-order valence-corrected chi connectivity index (χ3v) is 3.42. The zero-order chi connectivity index (χ0) is 19.1. The van der Waals surface area contributed by atoms with Gasteiger partial charge in [-0.3, -0.25) is 10.1 Å². The Morgan fingerprint density at radius 1 is 1.08 bits per heavy atom. The highest BCUT2D eigenvalue weighted by atomic mass is 19.1. The van der Waals surface area contributed by atoms with Gasteiger partial charge < -0.3 is 14.8 Å². The Morgan fingerprint density at radius 2 is 1.77 bits per heavy atom. The molecule has 0 aromatic heterocycles. The van der Waals surface area contributed by atoms with E-state index in [4.69, 9.17) is 9.47 Å². The molecule has 26 heavy (non-hydrogen) atoms. The first-order valence-corrected chi connectivity index (χ1v) is 7.58. The molecule has 0 aliphatic heterocycles. The van der Waals surface area contributed by atoms with Gasteiger partial charge in [-0.25, -0.2) is 14.0 Å². The van der Waals surface area contributed by atoms with E-state index in [1.807, 2.05) is 0 Å². The van der Waals surface area contributed by atoms with Gasteiger partial charge in [-0.1, -0.05) is 30.3 Å². The molecule has 0 saturated carbocycles. The van der Waals surface area contributed by atoms with Crippen LogP contribution in [0.4, 0.5) is 9.18 Å². The van der Waals surface area contributed by atoms with E-state index < -0.39 is 29.8 Å². The predicted octanol–water partition coefficient (Wildman–Crippen LogP) is 2.19. The number of methoxy groups -OCH3 is 1. The molecule has 0 fully saturated rings. The lowest BCUT2D eigenvalue weighted by Crippen LogP contribution is -2.41. The summed E-state index contributed by atoms with van der Waals surface area (Å²) in [4.78, 5) is 36.0. The molecule has 2 aromatic rings. The average molecular weight is 360 g/mol. The zero-order valence-corrected chi connectivity index (χ0v) is 14.1. The summed E-state index contributed by atoms with van der Waals surface area (Å²) >= 11 is 0. The summed E-state index contributed by atoms with van der Waals surface area (Å²) in [6, 6.07) is 10.9. The van der Waals surface area contributed by atoms with Crippen LogP contribution in [-0.4, -0.2) is 32.1 Å². The summed E-state index contributed by atoms with van der Waals surface area (Å²) in [6.45, 7) is 0. The van der Waals surface area contributed by atoms with E-state index in [0.29, 0.717) is 5.56 Å². The van der Waals surface area contributed by atoms with Crippen molar-refractivity contribution in [2.24, 2.45) is 0 Å². The maximum atomic E-state index is 13.8. The van der Waals surface area contributed by atoms with Crippen molar-refractivity contribution in [3.63, 3.8) is 0 Å². The number of carbonyl (C=O) groups excluding carboxylic acids is 3. The number of carbonyl (C=O) groups is 3. The van der Waals surface area contributed by atoms with E-state index in [1.165, 1.54) is 26.3 Å². The largest absolute Gasteiger partial charge is 0.494 e. The molecule has 0 unspecified atom stereocenters. The molecule has 7 nitrogen and oxygen atoms in total. The number of ether oxygens (including phenoxy) is 2. The first-order chi connectivity index (χ1) is 12.5. The quantitative estimate of drug-likeness (QED) is 0.797. The van der Waals surface area contributed by atoms with E-state index in [9.17, 15) is 18.8 Å². The molecule has 2 rings (SSSR count). The Bertz CT molecular complexity index is 810. The van der Waals surface area contributed by atoms with E-state index in [0.717, 1.165) is 6.07 Å². The lowest BCUT2D eigenvalue weighted by Gasteiger charge is -2.17. The first-order valence-electron chi connectivity index (χ1n) is 7.58. The van der Waals surface area contributed by atoms with Crippen molar-refractivity contribution in [2.75, 3.05) is 14.2 Å². The van der Waals surface area contributed by atoms with Crippen LogP contribution in [-0.2, 0) is 9.53 Å². The van der Waals surface area contributed by atoms with E-state index in [-0.39, 0.29) is 11.3 Å². The second kappa shape index (κ2) is 8.61. The molecule has 1 atom stereocenters. The van der Waals surface area contributed by atoms with Gasteiger partial charge in [0.2, 0.25) is 6.10 Å². The number of esters is 1. The van der Waals surface area contributed by atoms with Gasteiger partial charge in [-0.15, -0.1) is 0 Å². The zero-order valence-electron chi connectivity index (χ0n) is 14.1. The molecular formula is C18H17FN2O5. The van der Waals surface area contributed by atoms with Crippen LogP contribution in [0.2, 0.25) is 0 Å². The van der Waals surface area contributed by atoms with Crippen LogP contribution >= 0.6 is 0 Å². The summed E-state index contributed by atoms with van der Waals surface area (Å²) in [5.74, 6) is -2.53. The fourth-order valence-electron chi connectivity index (χ4n) is 2.11. The highest BCUT2D eigenvalue weighted by Crippen LogP contribution is 2.22. The Kier molecular flexibility index (Phi) is 6.26. The second-order valence-corrected chi connectivity index (χ2v) is 5.11. The minimum Gasteiger partial charge on any atom is -0.494 e. The lowest BCUT2D eigenvalue weighted by atomic mass is 10.1. The number of hydrogen-bond donors (Lipinski definition) is 2. The molecule has 0 bridgehead atoms. The van der Waals surface area contributed by atoms with Crippen LogP contribution in [0.1, 0.15) is 22.0 Å². The molecule has 0 heterocycles. The number of urea groups is 1. The average Bonchev–Trinajstić information content (AvgIpc) is 2.66. The lowest BCUT2D eigenvalue weighted by molar-refractivity contribution is -0.129. The summed E-state index contributed by atoms with van der Waals surface area (Å²) in [5.41, 5.74) is 0.258. The number of benzene rings is 2. The Hall–Kier alpha value is -3.42. The Balaban J connectivity index is 2.25. The maximum absolute atomic E-state index is 13.8. The normalized spacial score (nSPS) is 11.2. The van der Waals surface area contributed by atoms with Gasteiger partial charge in [0, 0.05) is 12.6 Å². The fourth-order valence-corrected chi connectivity index (χ4v) is 2.11. The fraction of sp³-hybridized carbons (Fsp3) is 0.167. The molecule has 0 radical (unpaired) electrons. The van der Waals surface area contributed by atoms with E-state index in [1.54, 1.807) is 30.3 Å². The van der Waals surface area contributed by atoms with Crippen molar-refractivity contribution >= 4 is 17.9 Å². The molecule has 3 amide bonds. The van der Waals surface area contributed by atoms with Crippen molar-refractivity contribution in [3.05, 3.63) is 65.5 Å². The monoisotopic (exact) mass is 360 g/mol. The molecule has 0 aliphatic carbocycles. The van der Waals surface area contributed by atoms with Crippen LogP contribution in [0.15, 0.2) is 48.5 Å². The summed E-state index contributed by atoms with van der Waals surface area (Å²) in [6.07, 6.45) is -1.38. The van der Waals surface area contributed by atoms with Crippen molar-refractivity contribution in [1.82, 2.24) is 10.6 Å². The van der Waals surface area contributed by atoms with Gasteiger partial charge in [-0.05, 0) is 18.2 Å². The molecule has 0 spiro atoms. The Labute approximate surface area is 149 Å². The smallest absolute Gasteiger partial charge is 0.339 e. The number of hydrogen-bond acceptors (Lipinski definition) is 5. The number of nitrogens with one attached hydrogen (secondary N) is 2. The number of rotatable bonds is 5. The van der Waals surface area contributed by atoms with E-state index >= 15 is 0 Å². The SMILES string of the molecule is CNC(=O)NC(=O)[C@@H](OC(=O)c1ccc(OC)c(F)c1)c1ccccc1.